The fourth-order valence-corrected chi connectivity index (χ4v) is 4.22. The van der Waals surface area contributed by atoms with Crippen molar-refractivity contribution in [1.82, 2.24) is 14.8 Å². The number of hydrogen-bond acceptors (Lipinski definition) is 5. The lowest BCUT2D eigenvalue weighted by molar-refractivity contribution is -0.133. The minimum absolute atomic E-state index is 0.0464. The highest BCUT2D eigenvalue weighted by atomic mass is 32.2. The van der Waals surface area contributed by atoms with Crippen molar-refractivity contribution in [2.24, 2.45) is 5.92 Å². The molecule has 5 nitrogen and oxygen atoms in total. The van der Waals surface area contributed by atoms with Crippen molar-refractivity contribution < 1.29 is 9.90 Å². The molecule has 0 aliphatic carbocycles. The molecular formula is C13H21N3O2S2. The number of thioether (sulfide) groups is 2. The number of carboxylic acid groups (broad SMARTS) is 1. The van der Waals surface area contributed by atoms with E-state index < -0.39 is 5.97 Å². The summed E-state index contributed by atoms with van der Waals surface area (Å²) in [5.41, 5.74) is 0. The van der Waals surface area contributed by atoms with Crippen molar-refractivity contribution in [1.29, 1.82) is 0 Å². The van der Waals surface area contributed by atoms with Crippen LogP contribution in [0.1, 0.15) is 32.0 Å². The van der Waals surface area contributed by atoms with Crippen molar-refractivity contribution in [3.05, 3.63) is 5.82 Å². The molecule has 1 aliphatic rings. The molecule has 7 heteroatoms. The highest BCUT2D eigenvalue weighted by molar-refractivity contribution is 7.99. The maximum Gasteiger partial charge on any atom is 0.313 e. The summed E-state index contributed by atoms with van der Waals surface area (Å²) in [6.07, 6.45) is 4.40. The van der Waals surface area contributed by atoms with Gasteiger partial charge >= 0.3 is 5.97 Å². The molecule has 2 heterocycles. The van der Waals surface area contributed by atoms with Gasteiger partial charge in [-0.1, -0.05) is 18.7 Å². The zero-order chi connectivity index (χ0) is 14.4. The molecule has 0 aromatic carbocycles. The number of aliphatic carboxylic acids is 1. The molecule has 0 spiro atoms. The average molecular weight is 315 g/mol. The normalized spacial score (nSPS) is 16.4. The van der Waals surface area contributed by atoms with E-state index in [2.05, 4.69) is 21.7 Å². The number of aryl methyl sites for hydroxylation is 1. The van der Waals surface area contributed by atoms with Crippen LogP contribution in [0.2, 0.25) is 0 Å². The van der Waals surface area contributed by atoms with Crippen molar-refractivity contribution >= 4 is 29.5 Å². The lowest BCUT2D eigenvalue weighted by Gasteiger charge is -2.23. The average Bonchev–Trinajstić information content (AvgIpc) is 2.81. The highest BCUT2D eigenvalue weighted by Gasteiger charge is 2.19. The smallest absolute Gasteiger partial charge is 0.313 e. The van der Waals surface area contributed by atoms with Gasteiger partial charge in [-0.25, -0.2) is 0 Å². The van der Waals surface area contributed by atoms with Gasteiger partial charge in [0.1, 0.15) is 5.82 Å². The number of aromatic nitrogens is 3. The predicted molar refractivity (Wildman–Crippen MR) is 82.4 cm³/mol. The Labute approximate surface area is 127 Å². The summed E-state index contributed by atoms with van der Waals surface area (Å²) in [6, 6.07) is 0. The lowest BCUT2D eigenvalue weighted by Crippen LogP contribution is -2.18. The van der Waals surface area contributed by atoms with Gasteiger partial charge < -0.3 is 9.67 Å². The fourth-order valence-electron chi connectivity index (χ4n) is 2.33. The predicted octanol–water partition coefficient (Wildman–Crippen LogP) is 2.55. The molecule has 0 bridgehead atoms. The van der Waals surface area contributed by atoms with Crippen LogP contribution in [0.15, 0.2) is 5.16 Å². The summed E-state index contributed by atoms with van der Waals surface area (Å²) < 4.78 is 2.15. The summed E-state index contributed by atoms with van der Waals surface area (Å²) in [7, 11) is 0. The van der Waals surface area contributed by atoms with E-state index in [1.165, 1.54) is 36.1 Å². The molecule has 1 aromatic heterocycles. The van der Waals surface area contributed by atoms with E-state index in [1.807, 2.05) is 11.8 Å². The summed E-state index contributed by atoms with van der Waals surface area (Å²) >= 11 is 3.30. The number of hydrogen-bond donors (Lipinski definition) is 1. The molecular weight excluding hydrogens is 294 g/mol. The first-order chi connectivity index (χ1) is 9.70. The second kappa shape index (κ2) is 7.93. The Balaban J connectivity index is 2.08. The number of nitrogens with zero attached hydrogens (tertiary/aromatic N) is 3. The van der Waals surface area contributed by atoms with Gasteiger partial charge in [-0.3, -0.25) is 4.79 Å². The molecule has 20 heavy (non-hydrogen) atoms. The third-order valence-corrected chi connectivity index (χ3v) is 5.37. The van der Waals surface area contributed by atoms with Crippen LogP contribution in [0.25, 0.3) is 0 Å². The molecule has 0 radical (unpaired) electrons. The maximum atomic E-state index is 10.7. The Morgan fingerprint density at radius 1 is 1.45 bits per heavy atom. The first kappa shape index (κ1) is 15.7. The SMILES string of the molecule is CCCc1nnc(SCC(=O)O)n1CC1CCSCC1. The van der Waals surface area contributed by atoms with E-state index in [-0.39, 0.29) is 5.75 Å². The third kappa shape index (κ3) is 4.41. The largest absolute Gasteiger partial charge is 0.481 e. The second-order valence-corrected chi connectivity index (χ2v) is 7.16. The molecule has 1 aromatic rings. The van der Waals surface area contributed by atoms with Crippen LogP contribution in [0, 0.1) is 5.92 Å². The summed E-state index contributed by atoms with van der Waals surface area (Å²) in [5, 5.41) is 18.0. The molecule has 0 amide bonds. The zero-order valence-corrected chi connectivity index (χ0v) is 13.4. The molecule has 0 saturated carbocycles. The fraction of sp³-hybridized carbons (Fsp3) is 0.769. The molecule has 0 unspecified atom stereocenters. The van der Waals surface area contributed by atoms with Crippen LogP contribution in [0.4, 0.5) is 0 Å². The Morgan fingerprint density at radius 3 is 2.85 bits per heavy atom. The number of rotatable bonds is 7. The van der Waals surface area contributed by atoms with Gasteiger partial charge in [0.2, 0.25) is 0 Å². The minimum Gasteiger partial charge on any atom is -0.481 e. The summed E-state index contributed by atoms with van der Waals surface area (Å²) in [5.74, 6) is 3.37. The third-order valence-electron chi connectivity index (χ3n) is 3.37. The molecule has 1 saturated heterocycles. The van der Waals surface area contributed by atoms with E-state index in [0.717, 1.165) is 30.4 Å². The molecule has 1 N–H and O–H groups in total. The van der Waals surface area contributed by atoms with Crippen LogP contribution in [-0.2, 0) is 17.8 Å². The lowest BCUT2D eigenvalue weighted by atomic mass is 10.0. The topological polar surface area (TPSA) is 68.0 Å². The Morgan fingerprint density at radius 2 is 2.20 bits per heavy atom. The molecule has 112 valence electrons. The van der Waals surface area contributed by atoms with Crippen molar-refractivity contribution in [3.63, 3.8) is 0 Å². The Kier molecular flexibility index (Phi) is 6.22. The van der Waals surface area contributed by atoms with Crippen molar-refractivity contribution in [3.8, 4) is 0 Å². The van der Waals surface area contributed by atoms with Gasteiger partial charge in [-0.2, -0.15) is 11.8 Å². The van der Waals surface area contributed by atoms with Crippen LogP contribution < -0.4 is 0 Å². The maximum absolute atomic E-state index is 10.7. The second-order valence-electron chi connectivity index (χ2n) is 5.00. The first-order valence-corrected chi connectivity index (χ1v) is 9.19. The van der Waals surface area contributed by atoms with Gasteiger partial charge in [0.15, 0.2) is 5.16 Å². The first-order valence-electron chi connectivity index (χ1n) is 7.05. The standard InChI is InChI=1S/C13H21N3O2S2/c1-2-3-11-14-15-13(20-9-12(17)18)16(11)8-10-4-6-19-7-5-10/h10H,2-9H2,1H3,(H,17,18). The highest BCUT2D eigenvalue weighted by Crippen LogP contribution is 2.27. The molecule has 2 rings (SSSR count). The Hall–Kier alpha value is -0.690. The zero-order valence-electron chi connectivity index (χ0n) is 11.7. The molecule has 0 atom stereocenters. The van der Waals surface area contributed by atoms with Crippen LogP contribution in [0.5, 0.6) is 0 Å². The van der Waals surface area contributed by atoms with Crippen LogP contribution >= 0.6 is 23.5 Å². The van der Waals surface area contributed by atoms with E-state index in [9.17, 15) is 4.79 Å². The van der Waals surface area contributed by atoms with Gasteiger partial charge in [-0.15, -0.1) is 10.2 Å². The number of carboxylic acids is 1. The van der Waals surface area contributed by atoms with Crippen molar-refractivity contribution in [2.45, 2.75) is 44.3 Å². The molecule has 1 fully saturated rings. The monoisotopic (exact) mass is 315 g/mol. The van der Waals surface area contributed by atoms with Crippen LogP contribution in [0.3, 0.4) is 0 Å². The van der Waals surface area contributed by atoms with Gasteiger partial charge in [-0.05, 0) is 36.7 Å². The number of carbonyl (C=O) groups is 1. The minimum atomic E-state index is -0.810. The van der Waals surface area contributed by atoms with E-state index >= 15 is 0 Å². The molecule has 1 aliphatic heterocycles. The van der Waals surface area contributed by atoms with Gasteiger partial charge in [0.05, 0.1) is 5.75 Å². The Bertz CT molecular complexity index is 445. The van der Waals surface area contributed by atoms with E-state index in [4.69, 9.17) is 5.11 Å². The van der Waals surface area contributed by atoms with E-state index in [0.29, 0.717) is 5.92 Å². The van der Waals surface area contributed by atoms with Gasteiger partial charge in [0.25, 0.3) is 0 Å². The van der Waals surface area contributed by atoms with Crippen LogP contribution in [-0.4, -0.2) is 43.1 Å². The van der Waals surface area contributed by atoms with E-state index in [1.54, 1.807) is 0 Å². The quantitative estimate of drug-likeness (QED) is 0.780. The van der Waals surface area contributed by atoms with Gasteiger partial charge in [0, 0.05) is 13.0 Å². The summed E-state index contributed by atoms with van der Waals surface area (Å²) in [6.45, 7) is 3.06. The van der Waals surface area contributed by atoms with Crippen molar-refractivity contribution in [2.75, 3.05) is 17.3 Å². The summed E-state index contributed by atoms with van der Waals surface area (Å²) in [4.78, 5) is 10.7.